The summed E-state index contributed by atoms with van der Waals surface area (Å²) < 4.78 is 1.71. The summed E-state index contributed by atoms with van der Waals surface area (Å²) in [5.41, 5.74) is 1.42. The lowest BCUT2D eigenvalue weighted by atomic mass is 10.2. The van der Waals surface area contributed by atoms with Gasteiger partial charge in [-0.3, -0.25) is 4.40 Å². The van der Waals surface area contributed by atoms with Gasteiger partial charge in [-0.15, -0.1) is 10.2 Å². The zero-order valence-corrected chi connectivity index (χ0v) is 9.79. The monoisotopic (exact) mass is 252 g/mol. The van der Waals surface area contributed by atoms with Crippen LogP contribution in [0.5, 0.6) is 0 Å². The largest absolute Gasteiger partial charge is 0.253 e. The molecule has 0 bridgehead atoms. The highest BCUT2D eigenvalue weighted by atomic mass is 35.5. The van der Waals surface area contributed by atoms with E-state index >= 15 is 0 Å². The van der Waals surface area contributed by atoms with Crippen LogP contribution in [-0.4, -0.2) is 19.6 Å². The molecule has 2 aromatic heterocycles. The number of benzene rings is 1. The lowest BCUT2D eigenvalue weighted by Crippen LogP contribution is -1.95. The SMILES string of the molecule is Cc1nnc2c3ccc(Cl)cc3nc(Cl)n12. The number of hydrogen-bond donors (Lipinski definition) is 0. The van der Waals surface area contributed by atoms with Gasteiger partial charge in [0.05, 0.1) is 5.52 Å². The maximum Gasteiger partial charge on any atom is 0.210 e. The highest BCUT2D eigenvalue weighted by Gasteiger charge is 2.11. The molecule has 0 saturated carbocycles. The molecule has 0 amide bonds. The van der Waals surface area contributed by atoms with Crippen LogP contribution in [0.4, 0.5) is 0 Å². The number of aryl methyl sites for hydroxylation is 1. The van der Waals surface area contributed by atoms with Crippen LogP contribution >= 0.6 is 23.2 Å². The van der Waals surface area contributed by atoms with Gasteiger partial charge in [-0.05, 0) is 36.7 Å². The maximum atomic E-state index is 6.06. The van der Waals surface area contributed by atoms with Crippen molar-refractivity contribution < 1.29 is 0 Å². The quantitative estimate of drug-likeness (QED) is 0.578. The van der Waals surface area contributed by atoms with E-state index in [4.69, 9.17) is 23.2 Å². The minimum absolute atomic E-state index is 0.340. The summed E-state index contributed by atoms with van der Waals surface area (Å²) >= 11 is 12.0. The van der Waals surface area contributed by atoms with E-state index in [1.165, 1.54) is 0 Å². The third kappa shape index (κ3) is 1.27. The van der Waals surface area contributed by atoms with Gasteiger partial charge < -0.3 is 0 Å². The van der Waals surface area contributed by atoms with Crippen molar-refractivity contribution >= 4 is 39.8 Å². The van der Waals surface area contributed by atoms with Gasteiger partial charge in [0.1, 0.15) is 5.82 Å². The topological polar surface area (TPSA) is 43.1 Å². The average molecular weight is 253 g/mol. The number of aromatic nitrogens is 4. The van der Waals surface area contributed by atoms with Crippen LogP contribution in [0.25, 0.3) is 16.6 Å². The van der Waals surface area contributed by atoms with E-state index in [1.54, 1.807) is 16.5 Å². The van der Waals surface area contributed by atoms with E-state index in [-0.39, 0.29) is 0 Å². The Morgan fingerprint density at radius 2 is 2.00 bits per heavy atom. The van der Waals surface area contributed by atoms with E-state index in [0.29, 0.717) is 21.8 Å². The molecule has 0 saturated heterocycles. The van der Waals surface area contributed by atoms with Crippen LogP contribution in [0.2, 0.25) is 10.3 Å². The highest BCUT2D eigenvalue weighted by Crippen LogP contribution is 2.24. The molecule has 0 aliphatic rings. The first-order valence-electron chi connectivity index (χ1n) is 4.63. The van der Waals surface area contributed by atoms with Crippen LogP contribution in [0.1, 0.15) is 5.82 Å². The molecular formula is C10H6Cl2N4. The number of hydrogen-bond acceptors (Lipinski definition) is 3. The fourth-order valence-corrected chi connectivity index (χ4v) is 2.15. The van der Waals surface area contributed by atoms with E-state index in [2.05, 4.69) is 15.2 Å². The molecule has 6 heteroatoms. The highest BCUT2D eigenvalue weighted by molar-refractivity contribution is 6.31. The fraction of sp³-hybridized carbons (Fsp3) is 0.100. The summed E-state index contributed by atoms with van der Waals surface area (Å²) in [6, 6.07) is 5.42. The number of nitrogens with zero attached hydrogens (tertiary/aromatic N) is 4. The summed E-state index contributed by atoms with van der Waals surface area (Å²) in [5.74, 6) is 0.712. The molecule has 0 fully saturated rings. The van der Waals surface area contributed by atoms with Crippen molar-refractivity contribution in [3.8, 4) is 0 Å². The van der Waals surface area contributed by atoms with E-state index in [0.717, 1.165) is 10.9 Å². The second kappa shape index (κ2) is 3.30. The molecule has 3 aromatic rings. The molecule has 4 nitrogen and oxygen atoms in total. The lowest BCUT2D eigenvalue weighted by molar-refractivity contribution is 0.990. The van der Waals surface area contributed by atoms with Gasteiger partial charge in [0.25, 0.3) is 0 Å². The Labute approximate surface area is 101 Å². The number of halogens is 2. The van der Waals surface area contributed by atoms with Gasteiger partial charge in [0.15, 0.2) is 5.65 Å². The molecule has 3 rings (SSSR count). The molecule has 0 N–H and O–H groups in total. The van der Waals surface area contributed by atoms with Crippen LogP contribution < -0.4 is 0 Å². The second-order valence-electron chi connectivity index (χ2n) is 3.45. The van der Waals surface area contributed by atoms with E-state index in [1.807, 2.05) is 13.0 Å². The Morgan fingerprint density at radius 3 is 2.81 bits per heavy atom. The molecule has 2 heterocycles. The first kappa shape index (κ1) is 9.81. The van der Waals surface area contributed by atoms with Crippen molar-refractivity contribution in [3.05, 3.63) is 34.3 Å². The van der Waals surface area contributed by atoms with Gasteiger partial charge in [-0.25, -0.2) is 4.98 Å². The van der Waals surface area contributed by atoms with Crippen molar-refractivity contribution in [1.29, 1.82) is 0 Å². The van der Waals surface area contributed by atoms with Gasteiger partial charge >= 0.3 is 0 Å². The normalized spacial score (nSPS) is 11.4. The predicted molar refractivity (Wildman–Crippen MR) is 63.0 cm³/mol. The summed E-state index contributed by atoms with van der Waals surface area (Å²) in [4.78, 5) is 4.26. The molecule has 0 aliphatic carbocycles. The molecule has 80 valence electrons. The van der Waals surface area contributed by atoms with Crippen molar-refractivity contribution in [2.45, 2.75) is 6.92 Å². The Morgan fingerprint density at radius 1 is 1.19 bits per heavy atom. The number of rotatable bonds is 0. The Kier molecular flexibility index (Phi) is 2.02. The molecular weight excluding hydrogens is 247 g/mol. The Balaban J connectivity index is 2.59. The first-order chi connectivity index (χ1) is 7.66. The zero-order chi connectivity index (χ0) is 11.3. The van der Waals surface area contributed by atoms with Crippen molar-refractivity contribution in [3.63, 3.8) is 0 Å². The average Bonchev–Trinajstić information content (AvgIpc) is 2.61. The zero-order valence-electron chi connectivity index (χ0n) is 8.28. The van der Waals surface area contributed by atoms with Gasteiger partial charge in [-0.2, -0.15) is 0 Å². The van der Waals surface area contributed by atoms with Crippen molar-refractivity contribution in [2.75, 3.05) is 0 Å². The maximum absolute atomic E-state index is 6.06. The third-order valence-corrected chi connectivity index (χ3v) is 2.91. The van der Waals surface area contributed by atoms with Crippen LogP contribution in [0.3, 0.4) is 0 Å². The summed E-state index contributed by atoms with van der Waals surface area (Å²) in [5, 5.41) is 9.91. The Hall–Kier alpha value is -1.39. The molecule has 16 heavy (non-hydrogen) atoms. The van der Waals surface area contributed by atoms with Gasteiger partial charge in [-0.1, -0.05) is 11.6 Å². The molecule has 0 radical (unpaired) electrons. The number of fused-ring (bicyclic) bond motifs is 3. The summed E-state index contributed by atoms with van der Waals surface area (Å²) in [7, 11) is 0. The standard InChI is InChI=1S/C10H6Cl2N4/c1-5-14-15-9-7-3-2-6(11)4-8(7)13-10(12)16(5)9/h2-4H,1H3. The molecule has 0 aliphatic heterocycles. The van der Waals surface area contributed by atoms with E-state index in [9.17, 15) is 0 Å². The molecule has 0 atom stereocenters. The van der Waals surface area contributed by atoms with Gasteiger partial charge in [0.2, 0.25) is 5.28 Å². The minimum atomic E-state index is 0.340. The summed E-state index contributed by atoms with van der Waals surface area (Å²) in [6.07, 6.45) is 0. The predicted octanol–water partition coefficient (Wildman–Crippen LogP) is 2.89. The smallest absolute Gasteiger partial charge is 0.210 e. The molecule has 1 aromatic carbocycles. The van der Waals surface area contributed by atoms with E-state index < -0.39 is 0 Å². The minimum Gasteiger partial charge on any atom is -0.253 e. The van der Waals surface area contributed by atoms with Crippen molar-refractivity contribution in [2.24, 2.45) is 0 Å². The van der Waals surface area contributed by atoms with Crippen LogP contribution in [-0.2, 0) is 0 Å². The van der Waals surface area contributed by atoms with Crippen LogP contribution in [0, 0.1) is 6.92 Å². The van der Waals surface area contributed by atoms with Crippen LogP contribution in [0.15, 0.2) is 18.2 Å². The lowest BCUT2D eigenvalue weighted by Gasteiger charge is -2.02. The fourth-order valence-electron chi connectivity index (χ4n) is 1.69. The second-order valence-corrected chi connectivity index (χ2v) is 4.22. The molecule has 0 unspecified atom stereocenters. The van der Waals surface area contributed by atoms with Crippen molar-refractivity contribution in [1.82, 2.24) is 19.6 Å². The first-order valence-corrected chi connectivity index (χ1v) is 5.39. The molecule has 0 spiro atoms. The third-order valence-electron chi connectivity index (χ3n) is 2.42. The Bertz CT molecular complexity index is 705. The van der Waals surface area contributed by atoms with Gasteiger partial charge in [0, 0.05) is 10.4 Å². The summed E-state index contributed by atoms with van der Waals surface area (Å²) in [6.45, 7) is 1.83.